The van der Waals surface area contributed by atoms with Crippen molar-refractivity contribution in [2.24, 2.45) is 16.1 Å². The molecule has 1 aromatic carbocycles. The van der Waals surface area contributed by atoms with Gasteiger partial charge in [0.1, 0.15) is 5.75 Å². The molecule has 1 aromatic rings. The smallest absolute Gasteiger partial charge is 0.189 e. The maximum Gasteiger partial charge on any atom is 0.189 e. The van der Waals surface area contributed by atoms with Crippen molar-refractivity contribution in [1.29, 1.82) is 0 Å². The van der Waals surface area contributed by atoms with E-state index in [2.05, 4.69) is 10.3 Å². The Labute approximate surface area is 131 Å². The quantitative estimate of drug-likeness (QED) is 0.645. The van der Waals surface area contributed by atoms with Crippen LogP contribution in [-0.4, -0.2) is 32.3 Å². The molecule has 2 saturated carbocycles. The predicted octanol–water partition coefficient (Wildman–Crippen LogP) is 2.06. The van der Waals surface area contributed by atoms with Gasteiger partial charge in [-0.1, -0.05) is 24.6 Å². The fourth-order valence-corrected chi connectivity index (χ4v) is 3.76. The summed E-state index contributed by atoms with van der Waals surface area (Å²) < 4.78 is 10.9. The third kappa shape index (κ3) is 2.54. The Balaban J connectivity index is 1.59. The van der Waals surface area contributed by atoms with Crippen LogP contribution in [0.25, 0.3) is 0 Å². The summed E-state index contributed by atoms with van der Waals surface area (Å²) in [5.74, 6) is 1.36. The number of benzene rings is 1. The van der Waals surface area contributed by atoms with Crippen LogP contribution in [0.2, 0.25) is 0 Å². The number of ether oxygens (including phenoxy) is 2. The number of nitrogens with two attached hydrogens (primary N) is 1. The molecule has 0 bridgehead atoms. The Bertz CT molecular complexity index is 555. The molecular weight excluding hydrogens is 278 g/mol. The van der Waals surface area contributed by atoms with Gasteiger partial charge in [-0.25, -0.2) is 4.99 Å². The average molecular weight is 303 g/mol. The van der Waals surface area contributed by atoms with Crippen LogP contribution in [0.15, 0.2) is 29.3 Å². The van der Waals surface area contributed by atoms with Crippen molar-refractivity contribution in [3.8, 4) is 5.75 Å². The molecular formula is C17H25N3O2. The molecule has 5 nitrogen and oxygen atoms in total. The van der Waals surface area contributed by atoms with Gasteiger partial charge in [-0.05, 0) is 25.3 Å². The molecule has 2 aliphatic carbocycles. The normalized spacial score (nSPS) is 26.2. The zero-order valence-electron chi connectivity index (χ0n) is 13.3. The first-order chi connectivity index (χ1) is 10.7. The van der Waals surface area contributed by atoms with Crippen LogP contribution in [0.3, 0.4) is 0 Å². The molecule has 0 radical (unpaired) electrons. The van der Waals surface area contributed by atoms with Crippen LogP contribution in [0.5, 0.6) is 5.75 Å². The first kappa shape index (κ1) is 15.2. The molecule has 0 aliphatic heterocycles. The summed E-state index contributed by atoms with van der Waals surface area (Å²) in [6, 6.07) is 8.27. The molecule has 1 spiro atoms. The van der Waals surface area contributed by atoms with Gasteiger partial charge < -0.3 is 20.5 Å². The highest BCUT2D eigenvalue weighted by Crippen LogP contribution is 2.57. The summed E-state index contributed by atoms with van der Waals surface area (Å²) in [5.41, 5.74) is 7.40. The van der Waals surface area contributed by atoms with Gasteiger partial charge in [0.05, 0.1) is 19.8 Å². The number of nitrogens with one attached hydrogen (secondary N) is 1. The Hall–Kier alpha value is -1.75. The maximum atomic E-state index is 6.07. The van der Waals surface area contributed by atoms with Crippen LogP contribution in [0.4, 0.5) is 0 Å². The molecule has 3 rings (SSSR count). The van der Waals surface area contributed by atoms with Crippen molar-refractivity contribution in [1.82, 2.24) is 5.32 Å². The topological polar surface area (TPSA) is 68.9 Å². The van der Waals surface area contributed by atoms with Gasteiger partial charge in [0.25, 0.3) is 0 Å². The zero-order valence-corrected chi connectivity index (χ0v) is 13.3. The molecule has 2 atom stereocenters. The Morgan fingerprint density at radius 2 is 2.14 bits per heavy atom. The first-order valence-electron chi connectivity index (χ1n) is 7.91. The lowest BCUT2D eigenvalue weighted by molar-refractivity contribution is -0.156. The second kappa shape index (κ2) is 6.16. The van der Waals surface area contributed by atoms with Crippen molar-refractivity contribution in [3.05, 3.63) is 29.8 Å². The van der Waals surface area contributed by atoms with Crippen molar-refractivity contribution < 1.29 is 9.47 Å². The van der Waals surface area contributed by atoms with E-state index in [-0.39, 0.29) is 0 Å². The van der Waals surface area contributed by atoms with E-state index >= 15 is 0 Å². The number of para-hydroxylation sites is 1. The monoisotopic (exact) mass is 303 g/mol. The fourth-order valence-electron chi connectivity index (χ4n) is 3.76. The molecule has 2 fully saturated rings. The van der Waals surface area contributed by atoms with Crippen LogP contribution < -0.4 is 15.8 Å². The Kier molecular flexibility index (Phi) is 4.25. The van der Waals surface area contributed by atoms with E-state index in [1.54, 1.807) is 14.2 Å². The third-order valence-corrected chi connectivity index (χ3v) is 5.29. The standard InChI is InChI=1S/C17H25N3O2/c1-21-13-7-4-3-6-12(13)11-19-16(18)20-14-10-15(22-2)17(14)8-5-9-17/h3-4,6-7,14-15H,5,8-11H2,1-2H3,(H3,18,19,20). The molecule has 0 amide bonds. The average Bonchev–Trinajstić information content (AvgIpc) is 2.47. The highest BCUT2D eigenvalue weighted by molar-refractivity contribution is 5.78. The summed E-state index contributed by atoms with van der Waals surface area (Å²) in [6.45, 7) is 0.524. The molecule has 0 heterocycles. The lowest BCUT2D eigenvalue weighted by Crippen LogP contribution is -2.68. The molecule has 22 heavy (non-hydrogen) atoms. The summed E-state index contributed by atoms with van der Waals surface area (Å²) >= 11 is 0. The summed E-state index contributed by atoms with van der Waals surface area (Å²) in [7, 11) is 3.48. The zero-order chi connectivity index (χ0) is 15.6. The number of hydrogen-bond acceptors (Lipinski definition) is 3. The summed E-state index contributed by atoms with van der Waals surface area (Å²) in [4.78, 5) is 4.46. The fraction of sp³-hybridized carbons (Fsp3) is 0.588. The molecule has 2 unspecified atom stereocenters. The number of rotatable bonds is 5. The van der Waals surface area contributed by atoms with Gasteiger partial charge in [-0.2, -0.15) is 0 Å². The molecule has 0 aromatic heterocycles. The largest absolute Gasteiger partial charge is 0.496 e. The third-order valence-electron chi connectivity index (χ3n) is 5.29. The Morgan fingerprint density at radius 3 is 2.77 bits per heavy atom. The van der Waals surface area contributed by atoms with Gasteiger partial charge in [-0.3, -0.25) is 0 Å². The lowest BCUT2D eigenvalue weighted by Gasteiger charge is -2.60. The SMILES string of the molecule is COc1ccccc1CN=C(N)NC1CC(OC)C12CCC2. The van der Waals surface area contributed by atoms with Crippen LogP contribution >= 0.6 is 0 Å². The van der Waals surface area contributed by atoms with Crippen molar-refractivity contribution in [3.63, 3.8) is 0 Å². The van der Waals surface area contributed by atoms with E-state index in [0.717, 1.165) is 17.7 Å². The van der Waals surface area contributed by atoms with Gasteiger partial charge in [0, 0.05) is 24.1 Å². The van der Waals surface area contributed by atoms with E-state index in [9.17, 15) is 0 Å². The number of aliphatic imine (C=N–C) groups is 1. The van der Waals surface area contributed by atoms with Crippen molar-refractivity contribution in [2.75, 3.05) is 14.2 Å². The first-order valence-corrected chi connectivity index (χ1v) is 7.91. The molecule has 120 valence electrons. The van der Waals surface area contributed by atoms with E-state index in [1.807, 2.05) is 24.3 Å². The van der Waals surface area contributed by atoms with E-state index in [4.69, 9.17) is 15.2 Å². The van der Waals surface area contributed by atoms with Crippen LogP contribution in [-0.2, 0) is 11.3 Å². The molecule has 2 aliphatic rings. The highest BCUT2D eigenvalue weighted by Gasteiger charge is 2.58. The van der Waals surface area contributed by atoms with Gasteiger partial charge in [0.15, 0.2) is 5.96 Å². The highest BCUT2D eigenvalue weighted by atomic mass is 16.5. The Morgan fingerprint density at radius 1 is 1.36 bits per heavy atom. The second-order valence-corrected chi connectivity index (χ2v) is 6.26. The number of hydrogen-bond donors (Lipinski definition) is 2. The minimum atomic E-state index is 0.291. The number of methoxy groups -OCH3 is 2. The molecule has 0 saturated heterocycles. The van der Waals surface area contributed by atoms with Crippen molar-refractivity contribution >= 4 is 5.96 Å². The van der Waals surface area contributed by atoms with E-state index in [0.29, 0.717) is 30.1 Å². The van der Waals surface area contributed by atoms with Crippen molar-refractivity contribution in [2.45, 2.75) is 44.4 Å². The minimum absolute atomic E-state index is 0.291. The minimum Gasteiger partial charge on any atom is -0.496 e. The van der Waals surface area contributed by atoms with Gasteiger partial charge >= 0.3 is 0 Å². The maximum absolute atomic E-state index is 6.07. The lowest BCUT2D eigenvalue weighted by atomic mass is 9.51. The van der Waals surface area contributed by atoms with Gasteiger partial charge in [-0.15, -0.1) is 0 Å². The second-order valence-electron chi connectivity index (χ2n) is 6.26. The molecule has 5 heteroatoms. The van der Waals surface area contributed by atoms with Gasteiger partial charge in [0.2, 0.25) is 0 Å². The van der Waals surface area contributed by atoms with E-state index in [1.165, 1.54) is 19.3 Å². The number of guanidine groups is 1. The van der Waals surface area contributed by atoms with Crippen LogP contribution in [0, 0.1) is 5.41 Å². The summed E-state index contributed by atoms with van der Waals surface area (Å²) in [5, 5.41) is 3.39. The van der Waals surface area contributed by atoms with E-state index < -0.39 is 0 Å². The number of nitrogens with zero attached hydrogens (tertiary/aromatic N) is 1. The summed E-state index contributed by atoms with van der Waals surface area (Å²) in [6.07, 6.45) is 5.13. The predicted molar refractivity (Wildman–Crippen MR) is 86.9 cm³/mol. The molecule has 3 N–H and O–H groups in total. The van der Waals surface area contributed by atoms with Crippen LogP contribution in [0.1, 0.15) is 31.2 Å².